The van der Waals surface area contributed by atoms with Crippen molar-refractivity contribution in [3.05, 3.63) is 66.1 Å². The van der Waals surface area contributed by atoms with E-state index in [0.29, 0.717) is 5.92 Å². The summed E-state index contributed by atoms with van der Waals surface area (Å²) < 4.78 is 0. The Morgan fingerprint density at radius 3 is 2.50 bits per heavy atom. The normalized spacial score (nSPS) is 11.9. The number of anilines is 1. The Morgan fingerprint density at radius 2 is 1.68 bits per heavy atom. The Bertz CT molecular complexity index is 1310. The highest BCUT2D eigenvalue weighted by molar-refractivity contribution is 6.03. The van der Waals surface area contributed by atoms with Gasteiger partial charge in [-0.2, -0.15) is 0 Å². The number of aromatic nitrogens is 3. The molecule has 0 aliphatic carbocycles. The highest BCUT2D eigenvalue weighted by Gasteiger charge is 2.23. The summed E-state index contributed by atoms with van der Waals surface area (Å²) in [6, 6.07) is 14.9. The Labute approximate surface area is 163 Å². The molecule has 3 aromatic heterocycles. The van der Waals surface area contributed by atoms with E-state index in [2.05, 4.69) is 78.2 Å². The zero-order valence-corrected chi connectivity index (χ0v) is 16.4. The Hall–Kier alpha value is -3.40. The molecule has 28 heavy (non-hydrogen) atoms. The van der Waals surface area contributed by atoms with E-state index < -0.39 is 0 Å². The van der Waals surface area contributed by atoms with Crippen LogP contribution in [0.2, 0.25) is 0 Å². The molecule has 0 atom stereocenters. The first-order valence-corrected chi connectivity index (χ1v) is 9.71. The van der Waals surface area contributed by atoms with Crippen molar-refractivity contribution in [2.75, 3.05) is 5.73 Å². The summed E-state index contributed by atoms with van der Waals surface area (Å²) in [6.07, 6.45) is 3.88. The molecule has 4 nitrogen and oxygen atoms in total. The number of aromatic amines is 3. The van der Waals surface area contributed by atoms with Crippen LogP contribution in [0.3, 0.4) is 0 Å². The van der Waals surface area contributed by atoms with Gasteiger partial charge in [0.1, 0.15) is 0 Å². The van der Waals surface area contributed by atoms with Gasteiger partial charge in [-0.15, -0.1) is 0 Å². The molecule has 140 valence electrons. The minimum atomic E-state index is 0.367. The van der Waals surface area contributed by atoms with Gasteiger partial charge in [0, 0.05) is 45.5 Å². The Balaban J connectivity index is 1.84. The fourth-order valence-corrected chi connectivity index (χ4v) is 4.47. The molecule has 0 radical (unpaired) electrons. The predicted molar refractivity (Wildman–Crippen MR) is 119 cm³/mol. The van der Waals surface area contributed by atoms with E-state index in [-0.39, 0.29) is 0 Å². The van der Waals surface area contributed by atoms with Crippen LogP contribution in [0.4, 0.5) is 5.69 Å². The van der Waals surface area contributed by atoms with Crippen molar-refractivity contribution < 1.29 is 0 Å². The van der Waals surface area contributed by atoms with Crippen LogP contribution in [0.5, 0.6) is 0 Å². The molecule has 5 aromatic rings. The number of benzene rings is 2. The summed E-state index contributed by atoms with van der Waals surface area (Å²) in [4.78, 5) is 10.4. The Morgan fingerprint density at radius 1 is 0.893 bits per heavy atom. The SMILES string of the molecule is Cc1[nH]c(-c2cccc3c(N)c[nH]c23)c(C(C)C)c1-c1cccc2[nH]ccc12. The fraction of sp³-hybridized carbons (Fsp3) is 0.167. The van der Waals surface area contributed by atoms with Gasteiger partial charge in [-0.25, -0.2) is 0 Å². The lowest BCUT2D eigenvalue weighted by Gasteiger charge is -2.13. The van der Waals surface area contributed by atoms with E-state index in [1.807, 2.05) is 12.4 Å². The summed E-state index contributed by atoms with van der Waals surface area (Å²) in [5, 5.41) is 2.31. The molecular weight excluding hydrogens is 344 g/mol. The van der Waals surface area contributed by atoms with Crippen molar-refractivity contribution >= 4 is 27.5 Å². The maximum Gasteiger partial charge on any atom is 0.0572 e. The third kappa shape index (κ3) is 2.31. The first-order chi connectivity index (χ1) is 13.6. The molecule has 0 fully saturated rings. The number of hydrogen-bond donors (Lipinski definition) is 4. The molecule has 0 aliphatic heterocycles. The second kappa shape index (κ2) is 6.06. The first-order valence-electron chi connectivity index (χ1n) is 9.71. The highest BCUT2D eigenvalue weighted by atomic mass is 14.8. The lowest BCUT2D eigenvalue weighted by atomic mass is 9.89. The van der Waals surface area contributed by atoms with Crippen molar-refractivity contribution in [1.82, 2.24) is 15.0 Å². The summed E-state index contributed by atoms with van der Waals surface area (Å²) in [6.45, 7) is 6.69. The molecule has 3 heterocycles. The van der Waals surface area contributed by atoms with Gasteiger partial charge in [0.25, 0.3) is 0 Å². The molecular formula is C24H24N4. The topological polar surface area (TPSA) is 73.4 Å². The number of aryl methyl sites for hydroxylation is 1. The number of para-hydroxylation sites is 1. The van der Waals surface area contributed by atoms with Gasteiger partial charge in [-0.3, -0.25) is 0 Å². The number of rotatable bonds is 3. The van der Waals surface area contributed by atoms with Crippen LogP contribution in [-0.2, 0) is 0 Å². The third-order valence-electron chi connectivity index (χ3n) is 5.68. The second-order valence-electron chi connectivity index (χ2n) is 7.79. The van der Waals surface area contributed by atoms with Crippen LogP contribution in [0.25, 0.3) is 44.2 Å². The number of fused-ring (bicyclic) bond motifs is 2. The zero-order chi connectivity index (χ0) is 19.4. The van der Waals surface area contributed by atoms with Crippen LogP contribution < -0.4 is 5.73 Å². The fourth-order valence-electron chi connectivity index (χ4n) is 4.47. The van der Waals surface area contributed by atoms with E-state index in [4.69, 9.17) is 5.73 Å². The third-order valence-corrected chi connectivity index (χ3v) is 5.68. The molecule has 4 heteroatoms. The molecule has 0 unspecified atom stereocenters. The minimum absolute atomic E-state index is 0.367. The van der Waals surface area contributed by atoms with Gasteiger partial charge in [0.2, 0.25) is 0 Å². The predicted octanol–water partition coefficient (Wildman–Crippen LogP) is 6.33. The van der Waals surface area contributed by atoms with Crippen molar-refractivity contribution in [2.24, 2.45) is 0 Å². The van der Waals surface area contributed by atoms with Crippen molar-refractivity contribution in [2.45, 2.75) is 26.7 Å². The smallest absolute Gasteiger partial charge is 0.0572 e. The standard InChI is InChI=1S/C24H24N4/c1-13(2)21-22(16-6-5-9-20-15(16)10-11-26-20)14(3)28-24(21)18-8-4-7-17-19(25)12-27-23(17)18/h4-13,26-28H,25H2,1-3H3. The molecule has 5 rings (SSSR count). The summed E-state index contributed by atoms with van der Waals surface area (Å²) in [5.74, 6) is 0.367. The monoisotopic (exact) mass is 368 g/mol. The van der Waals surface area contributed by atoms with Crippen molar-refractivity contribution in [1.29, 1.82) is 0 Å². The van der Waals surface area contributed by atoms with Gasteiger partial charge < -0.3 is 20.7 Å². The van der Waals surface area contributed by atoms with Crippen LogP contribution in [-0.4, -0.2) is 15.0 Å². The number of H-pyrrole nitrogens is 3. The van der Waals surface area contributed by atoms with E-state index in [1.54, 1.807) is 0 Å². The number of nitrogens with one attached hydrogen (secondary N) is 3. The van der Waals surface area contributed by atoms with Gasteiger partial charge >= 0.3 is 0 Å². The quantitative estimate of drug-likeness (QED) is 0.295. The molecule has 0 saturated carbocycles. The second-order valence-corrected chi connectivity index (χ2v) is 7.79. The lowest BCUT2D eigenvalue weighted by molar-refractivity contribution is 0.873. The average molecular weight is 368 g/mol. The summed E-state index contributed by atoms with van der Waals surface area (Å²) in [7, 11) is 0. The summed E-state index contributed by atoms with van der Waals surface area (Å²) in [5.41, 5.74) is 16.6. The van der Waals surface area contributed by atoms with Crippen LogP contribution >= 0.6 is 0 Å². The van der Waals surface area contributed by atoms with E-state index in [9.17, 15) is 0 Å². The molecule has 5 N–H and O–H groups in total. The van der Waals surface area contributed by atoms with E-state index in [0.717, 1.165) is 27.7 Å². The highest BCUT2D eigenvalue weighted by Crippen LogP contribution is 2.43. The largest absolute Gasteiger partial charge is 0.397 e. The van der Waals surface area contributed by atoms with Crippen molar-refractivity contribution in [3.8, 4) is 22.4 Å². The minimum Gasteiger partial charge on any atom is -0.397 e. The zero-order valence-electron chi connectivity index (χ0n) is 16.4. The molecule has 0 aliphatic rings. The van der Waals surface area contributed by atoms with Crippen molar-refractivity contribution in [3.63, 3.8) is 0 Å². The summed E-state index contributed by atoms with van der Waals surface area (Å²) >= 11 is 0. The van der Waals surface area contributed by atoms with Gasteiger partial charge in [-0.05, 0) is 36.1 Å². The number of hydrogen-bond acceptors (Lipinski definition) is 1. The van der Waals surface area contributed by atoms with E-state index in [1.165, 1.54) is 33.5 Å². The first kappa shape index (κ1) is 16.8. The molecule has 0 bridgehead atoms. The lowest BCUT2D eigenvalue weighted by Crippen LogP contribution is -1.94. The van der Waals surface area contributed by atoms with Crippen LogP contribution in [0.15, 0.2) is 54.9 Å². The molecule has 0 spiro atoms. The van der Waals surface area contributed by atoms with Gasteiger partial charge in [-0.1, -0.05) is 44.2 Å². The average Bonchev–Trinajstić information content (AvgIpc) is 3.38. The van der Waals surface area contributed by atoms with Crippen LogP contribution in [0.1, 0.15) is 31.0 Å². The number of nitrogens with two attached hydrogens (primary N) is 1. The van der Waals surface area contributed by atoms with Gasteiger partial charge in [0.05, 0.1) is 16.9 Å². The Kier molecular flexibility index (Phi) is 3.63. The molecule has 2 aromatic carbocycles. The number of nitrogen functional groups attached to an aromatic ring is 1. The maximum atomic E-state index is 6.15. The van der Waals surface area contributed by atoms with E-state index >= 15 is 0 Å². The molecule has 0 amide bonds. The van der Waals surface area contributed by atoms with Gasteiger partial charge in [0.15, 0.2) is 0 Å². The van der Waals surface area contributed by atoms with Crippen LogP contribution in [0, 0.1) is 6.92 Å². The maximum absolute atomic E-state index is 6.15. The molecule has 0 saturated heterocycles.